The molecule has 6 heteroatoms. The second-order valence-corrected chi connectivity index (χ2v) is 7.73. The highest BCUT2D eigenvalue weighted by Crippen LogP contribution is 2.59. The van der Waals surface area contributed by atoms with E-state index in [2.05, 4.69) is 6.58 Å². The van der Waals surface area contributed by atoms with Crippen molar-refractivity contribution in [2.45, 2.75) is 57.3 Å². The number of esters is 1. The van der Waals surface area contributed by atoms with E-state index in [1.807, 2.05) is 6.92 Å². The van der Waals surface area contributed by atoms with E-state index in [0.717, 1.165) is 12.8 Å². The standard InChI is InChI=1S/C18H22O6/c1-8-12-15(20)18(22)7-5-4-6-10(18)17(8,3)14(19)11-13(24-12)9(2)23-16(11)21/h8,10,12,15,20,22H,2,4-7H2,1,3H3/t8-,10+,12-,15+,17+,18+/m0/s1. The van der Waals surface area contributed by atoms with E-state index in [4.69, 9.17) is 9.47 Å². The van der Waals surface area contributed by atoms with Gasteiger partial charge in [0.2, 0.25) is 0 Å². The van der Waals surface area contributed by atoms with Gasteiger partial charge < -0.3 is 19.7 Å². The summed E-state index contributed by atoms with van der Waals surface area (Å²) in [6.45, 7) is 7.27. The van der Waals surface area contributed by atoms with Gasteiger partial charge >= 0.3 is 5.97 Å². The molecule has 6 atom stereocenters. The van der Waals surface area contributed by atoms with Crippen molar-refractivity contribution in [1.29, 1.82) is 0 Å². The van der Waals surface area contributed by atoms with E-state index in [1.165, 1.54) is 0 Å². The molecule has 0 saturated heterocycles. The van der Waals surface area contributed by atoms with Crippen LogP contribution in [-0.4, -0.2) is 39.8 Å². The quantitative estimate of drug-likeness (QED) is 0.511. The summed E-state index contributed by atoms with van der Waals surface area (Å²) >= 11 is 0. The predicted octanol–water partition coefficient (Wildman–Crippen LogP) is 1.22. The first-order valence-electron chi connectivity index (χ1n) is 8.50. The molecule has 0 unspecified atom stereocenters. The molecule has 4 aliphatic rings. The van der Waals surface area contributed by atoms with Crippen LogP contribution in [0.3, 0.4) is 0 Å². The van der Waals surface area contributed by atoms with Crippen molar-refractivity contribution in [3.63, 3.8) is 0 Å². The molecule has 0 radical (unpaired) electrons. The molecule has 130 valence electrons. The number of carbonyl (C=O) groups is 2. The van der Waals surface area contributed by atoms with Gasteiger partial charge in [0.15, 0.2) is 17.3 Å². The van der Waals surface area contributed by atoms with Crippen molar-refractivity contribution in [2.24, 2.45) is 17.3 Å². The van der Waals surface area contributed by atoms with E-state index in [9.17, 15) is 19.8 Å². The molecule has 0 amide bonds. The van der Waals surface area contributed by atoms with E-state index in [0.29, 0.717) is 12.8 Å². The molecule has 2 N–H and O–H groups in total. The third-order valence-corrected chi connectivity index (χ3v) is 6.78. The van der Waals surface area contributed by atoms with E-state index >= 15 is 0 Å². The highest BCUT2D eigenvalue weighted by molar-refractivity contribution is 6.22. The van der Waals surface area contributed by atoms with Gasteiger partial charge in [0.25, 0.3) is 0 Å². The van der Waals surface area contributed by atoms with Crippen molar-refractivity contribution in [2.75, 3.05) is 0 Å². The number of hydrogen-bond acceptors (Lipinski definition) is 6. The Morgan fingerprint density at radius 3 is 2.71 bits per heavy atom. The third kappa shape index (κ3) is 1.63. The summed E-state index contributed by atoms with van der Waals surface area (Å²) in [6, 6.07) is 0. The number of cyclic esters (lactones) is 1. The van der Waals surface area contributed by atoms with E-state index < -0.39 is 35.1 Å². The number of ketones is 1. The zero-order valence-corrected chi connectivity index (χ0v) is 13.9. The van der Waals surface area contributed by atoms with Crippen LogP contribution in [0.1, 0.15) is 39.5 Å². The van der Waals surface area contributed by atoms with Crippen molar-refractivity contribution < 1.29 is 29.3 Å². The Hall–Kier alpha value is -1.66. The highest BCUT2D eigenvalue weighted by Gasteiger charge is 2.68. The lowest BCUT2D eigenvalue weighted by Gasteiger charge is -2.58. The van der Waals surface area contributed by atoms with E-state index in [-0.39, 0.29) is 28.8 Å². The summed E-state index contributed by atoms with van der Waals surface area (Å²) in [4.78, 5) is 25.5. The van der Waals surface area contributed by atoms with Crippen LogP contribution in [0.25, 0.3) is 0 Å². The molecule has 24 heavy (non-hydrogen) atoms. The minimum Gasteiger partial charge on any atom is -0.482 e. The Kier molecular flexibility index (Phi) is 3.10. The molecular formula is C18H22O6. The van der Waals surface area contributed by atoms with Crippen LogP contribution in [0.2, 0.25) is 0 Å². The predicted molar refractivity (Wildman–Crippen MR) is 82.3 cm³/mol. The molecule has 2 saturated carbocycles. The lowest BCUT2D eigenvalue weighted by molar-refractivity contribution is -0.247. The van der Waals surface area contributed by atoms with Crippen LogP contribution in [0.4, 0.5) is 0 Å². The summed E-state index contributed by atoms with van der Waals surface area (Å²) < 4.78 is 10.8. The zero-order valence-electron chi connectivity index (χ0n) is 13.9. The van der Waals surface area contributed by atoms with Crippen LogP contribution in [0.15, 0.2) is 23.7 Å². The third-order valence-electron chi connectivity index (χ3n) is 6.78. The minimum absolute atomic E-state index is 0.00568. The average molecular weight is 334 g/mol. The minimum atomic E-state index is -1.38. The van der Waals surface area contributed by atoms with Gasteiger partial charge in [-0.2, -0.15) is 0 Å². The van der Waals surface area contributed by atoms with Crippen molar-refractivity contribution >= 4 is 11.8 Å². The normalized spacial score (nSPS) is 47.6. The Morgan fingerprint density at radius 2 is 2.00 bits per heavy atom. The molecule has 2 fully saturated rings. The maximum atomic E-state index is 13.4. The molecule has 2 heterocycles. The van der Waals surface area contributed by atoms with Gasteiger partial charge in [-0.15, -0.1) is 0 Å². The second-order valence-electron chi connectivity index (χ2n) is 7.73. The first-order chi connectivity index (χ1) is 11.2. The smallest absolute Gasteiger partial charge is 0.351 e. The summed E-state index contributed by atoms with van der Waals surface area (Å²) in [6.07, 6.45) is 0.794. The van der Waals surface area contributed by atoms with Gasteiger partial charge in [0, 0.05) is 17.3 Å². The Balaban J connectivity index is 1.94. The number of carbonyl (C=O) groups excluding carboxylic acids is 2. The van der Waals surface area contributed by atoms with E-state index in [1.54, 1.807) is 6.92 Å². The fraction of sp³-hybridized carbons (Fsp3) is 0.667. The van der Waals surface area contributed by atoms with Gasteiger partial charge in [-0.3, -0.25) is 4.79 Å². The first-order valence-corrected chi connectivity index (χ1v) is 8.50. The van der Waals surface area contributed by atoms with Crippen LogP contribution < -0.4 is 0 Å². The lowest BCUT2D eigenvalue weighted by atomic mass is 9.48. The fourth-order valence-electron chi connectivity index (χ4n) is 5.27. The maximum Gasteiger partial charge on any atom is 0.351 e. The molecule has 0 aromatic carbocycles. The number of fused-ring (bicyclic) bond motifs is 4. The number of rotatable bonds is 0. The number of aliphatic hydroxyl groups is 2. The van der Waals surface area contributed by atoms with Gasteiger partial charge in [-0.25, -0.2) is 4.79 Å². The molecule has 4 rings (SSSR count). The summed E-state index contributed by atoms with van der Waals surface area (Å²) in [5.74, 6) is -1.89. The van der Waals surface area contributed by atoms with Gasteiger partial charge in [0.1, 0.15) is 17.8 Å². The van der Waals surface area contributed by atoms with Gasteiger partial charge in [-0.1, -0.05) is 33.3 Å². The molecule has 0 aromatic heterocycles. The monoisotopic (exact) mass is 334 g/mol. The van der Waals surface area contributed by atoms with Crippen molar-refractivity contribution in [3.8, 4) is 0 Å². The van der Waals surface area contributed by atoms with Crippen molar-refractivity contribution in [3.05, 3.63) is 23.7 Å². The Morgan fingerprint density at radius 1 is 1.29 bits per heavy atom. The van der Waals surface area contributed by atoms with Crippen LogP contribution >= 0.6 is 0 Å². The number of Topliss-reactive ketones (excluding diaryl/α,β-unsaturated/α-hetero) is 1. The average Bonchev–Trinajstić information content (AvgIpc) is 2.78. The molecule has 0 spiro atoms. The molecule has 6 nitrogen and oxygen atoms in total. The summed E-state index contributed by atoms with van der Waals surface area (Å²) in [5, 5.41) is 22.1. The lowest BCUT2D eigenvalue weighted by Crippen LogP contribution is -2.69. The number of hydrogen-bond donors (Lipinski definition) is 2. The maximum absolute atomic E-state index is 13.4. The van der Waals surface area contributed by atoms with Crippen LogP contribution in [-0.2, 0) is 19.1 Å². The number of ether oxygens (including phenoxy) is 2. The summed E-state index contributed by atoms with van der Waals surface area (Å²) in [7, 11) is 0. The molecule has 2 aliphatic heterocycles. The molecule has 2 bridgehead atoms. The zero-order chi connectivity index (χ0) is 17.4. The van der Waals surface area contributed by atoms with Crippen molar-refractivity contribution in [1.82, 2.24) is 0 Å². The van der Waals surface area contributed by atoms with Gasteiger partial charge in [-0.05, 0) is 12.8 Å². The largest absolute Gasteiger partial charge is 0.482 e. The van der Waals surface area contributed by atoms with Gasteiger partial charge in [0.05, 0.1) is 5.60 Å². The Labute approximate surface area is 140 Å². The Bertz CT molecular complexity index is 694. The first kappa shape index (κ1) is 15.8. The SMILES string of the molecule is C=C1OC(=O)C2=C1O[C@@H]1[C@@H](O)[C@@]3(O)CCCC[C@@H]3[C@](C)(C2=O)[C@H]1C. The van der Waals surface area contributed by atoms with Crippen LogP contribution in [0, 0.1) is 17.3 Å². The topological polar surface area (TPSA) is 93.1 Å². The molecule has 0 aromatic rings. The molecule has 2 aliphatic carbocycles. The summed E-state index contributed by atoms with van der Waals surface area (Å²) in [5.41, 5.74) is -2.51. The second kappa shape index (κ2) is 4.70. The molecular weight excluding hydrogens is 312 g/mol. The fourth-order valence-corrected chi connectivity index (χ4v) is 5.27. The number of aliphatic hydroxyl groups excluding tert-OH is 1. The highest BCUT2D eigenvalue weighted by atomic mass is 16.6. The van der Waals surface area contributed by atoms with Crippen LogP contribution in [0.5, 0.6) is 0 Å².